The van der Waals surface area contributed by atoms with E-state index in [-0.39, 0.29) is 5.88 Å². The number of H-pyrrole nitrogens is 1. The molecule has 3 aromatic rings. The summed E-state index contributed by atoms with van der Waals surface area (Å²) in [4.78, 5) is 2.93. The van der Waals surface area contributed by atoms with E-state index in [1.807, 2.05) is 36.4 Å². The number of benzene rings is 2. The molecule has 0 fully saturated rings. The maximum atomic E-state index is 10.1. The second-order valence-corrected chi connectivity index (χ2v) is 6.37. The van der Waals surface area contributed by atoms with Gasteiger partial charge in [0, 0.05) is 9.86 Å². The lowest BCUT2D eigenvalue weighted by atomic mass is 10.0. The van der Waals surface area contributed by atoms with Crippen molar-refractivity contribution in [3.63, 3.8) is 0 Å². The third-order valence-electron chi connectivity index (χ3n) is 3.53. The summed E-state index contributed by atoms with van der Waals surface area (Å²) in [5, 5.41) is 19.4. The van der Waals surface area contributed by atoms with Gasteiger partial charge in [0.25, 0.3) is 0 Å². The Bertz CT molecular complexity index is 835. The van der Waals surface area contributed by atoms with Crippen LogP contribution >= 0.6 is 15.9 Å². The van der Waals surface area contributed by atoms with Gasteiger partial charge in [-0.1, -0.05) is 35.8 Å². The molecular weight excluding hydrogens is 342 g/mol. The Morgan fingerprint density at radius 3 is 2.45 bits per heavy atom. The Morgan fingerprint density at radius 1 is 1.05 bits per heavy atom. The normalized spacial score (nSPS) is 11.8. The van der Waals surface area contributed by atoms with Crippen LogP contribution in [-0.4, -0.2) is 10.1 Å². The molecule has 0 aliphatic carbocycles. The summed E-state index contributed by atoms with van der Waals surface area (Å²) >= 11 is 3.38. The fourth-order valence-electron chi connectivity index (χ4n) is 2.26. The lowest BCUT2D eigenvalue weighted by molar-refractivity contribution is 0.459. The topological polar surface area (TPSA) is 60.7 Å². The maximum absolute atomic E-state index is 10.1. The van der Waals surface area contributed by atoms with Crippen LogP contribution in [0.1, 0.15) is 25.3 Å². The number of fused-ring (bicyclic) bond motifs is 1. The summed E-state index contributed by atoms with van der Waals surface area (Å²) < 4.78 is 0.989. The first-order chi connectivity index (χ1) is 10.5. The first kappa shape index (κ1) is 14.8. The van der Waals surface area contributed by atoms with Gasteiger partial charge < -0.3 is 10.1 Å². The molecular formula is C17H16BrN3O. The molecule has 0 unspecified atom stereocenters. The van der Waals surface area contributed by atoms with Crippen LogP contribution in [0, 0.1) is 0 Å². The van der Waals surface area contributed by atoms with E-state index in [1.54, 1.807) is 0 Å². The van der Waals surface area contributed by atoms with Crippen molar-refractivity contribution in [1.29, 1.82) is 0 Å². The molecule has 0 spiro atoms. The van der Waals surface area contributed by atoms with E-state index in [4.69, 9.17) is 0 Å². The molecule has 1 aromatic heterocycles. The molecule has 0 aliphatic heterocycles. The molecule has 112 valence electrons. The molecule has 0 amide bonds. The predicted octanol–water partition coefficient (Wildman–Crippen LogP) is 6.17. The van der Waals surface area contributed by atoms with Crippen molar-refractivity contribution >= 4 is 38.2 Å². The summed E-state index contributed by atoms with van der Waals surface area (Å²) in [5.74, 6) is 0.453. The lowest BCUT2D eigenvalue weighted by Gasteiger charge is -2.04. The summed E-state index contributed by atoms with van der Waals surface area (Å²) in [6, 6.07) is 13.6. The molecule has 0 radical (unpaired) electrons. The van der Waals surface area contributed by atoms with E-state index in [1.165, 1.54) is 5.56 Å². The highest BCUT2D eigenvalue weighted by molar-refractivity contribution is 9.10. The Balaban J connectivity index is 2.03. The van der Waals surface area contributed by atoms with Gasteiger partial charge in [-0.25, -0.2) is 0 Å². The van der Waals surface area contributed by atoms with Crippen LogP contribution in [0.2, 0.25) is 0 Å². The molecule has 0 atom stereocenters. The van der Waals surface area contributed by atoms with Crippen LogP contribution in [0.5, 0.6) is 5.88 Å². The van der Waals surface area contributed by atoms with Gasteiger partial charge in [-0.2, -0.15) is 5.11 Å². The van der Waals surface area contributed by atoms with Gasteiger partial charge in [0.15, 0.2) is 5.69 Å². The SMILES string of the molecule is CC(C)c1ccc2[nH]c(O)c(N=Nc3ccc(Br)cc3)c2c1. The van der Waals surface area contributed by atoms with Crippen LogP contribution in [0.25, 0.3) is 10.9 Å². The van der Waals surface area contributed by atoms with Crippen LogP contribution in [0.4, 0.5) is 11.4 Å². The number of aromatic amines is 1. The molecule has 3 rings (SSSR count). The van der Waals surface area contributed by atoms with Gasteiger partial charge in [-0.15, -0.1) is 5.11 Å². The number of hydrogen-bond acceptors (Lipinski definition) is 3. The quantitative estimate of drug-likeness (QED) is 0.540. The standard InChI is InChI=1S/C17H16BrN3O/c1-10(2)11-3-8-15-14(9-11)16(17(22)19-15)21-20-13-6-4-12(18)5-7-13/h3-10,19,22H,1-2H3. The number of azo groups is 1. The number of nitrogens with zero attached hydrogens (tertiary/aromatic N) is 2. The minimum Gasteiger partial charge on any atom is -0.493 e. The molecule has 0 aliphatic rings. The molecule has 0 bridgehead atoms. The van der Waals surface area contributed by atoms with Crippen molar-refractivity contribution in [3.05, 3.63) is 52.5 Å². The van der Waals surface area contributed by atoms with Gasteiger partial charge in [-0.3, -0.25) is 0 Å². The van der Waals surface area contributed by atoms with Gasteiger partial charge in [0.05, 0.1) is 11.2 Å². The van der Waals surface area contributed by atoms with Crippen molar-refractivity contribution in [2.24, 2.45) is 10.2 Å². The average Bonchev–Trinajstić information content (AvgIpc) is 2.81. The van der Waals surface area contributed by atoms with Gasteiger partial charge in [0.2, 0.25) is 5.88 Å². The highest BCUT2D eigenvalue weighted by Gasteiger charge is 2.12. The Hall–Kier alpha value is -2.14. The molecule has 4 nitrogen and oxygen atoms in total. The van der Waals surface area contributed by atoms with Gasteiger partial charge >= 0.3 is 0 Å². The molecule has 2 N–H and O–H groups in total. The van der Waals surface area contributed by atoms with Crippen LogP contribution in [0.3, 0.4) is 0 Å². The second-order valence-electron chi connectivity index (χ2n) is 5.46. The van der Waals surface area contributed by atoms with Crippen molar-refractivity contribution in [2.45, 2.75) is 19.8 Å². The van der Waals surface area contributed by atoms with Gasteiger partial charge in [-0.05, 0) is 47.9 Å². The van der Waals surface area contributed by atoms with Crippen molar-refractivity contribution in [2.75, 3.05) is 0 Å². The maximum Gasteiger partial charge on any atom is 0.218 e. The number of aromatic nitrogens is 1. The van der Waals surface area contributed by atoms with Crippen molar-refractivity contribution in [1.82, 2.24) is 4.98 Å². The second kappa shape index (κ2) is 5.93. The summed E-state index contributed by atoms with van der Waals surface area (Å²) in [6.45, 7) is 4.27. The van der Waals surface area contributed by atoms with E-state index in [2.05, 4.69) is 51.1 Å². The van der Waals surface area contributed by atoms with E-state index in [9.17, 15) is 5.11 Å². The van der Waals surface area contributed by atoms with E-state index in [0.717, 1.165) is 21.1 Å². The Kier molecular flexibility index (Phi) is 3.98. The number of rotatable bonds is 3. The van der Waals surface area contributed by atoms with Crippen LogP contribution in [0.15, 0.2) is 57.2 Å². The van der Waals surface area contributed by atoms with Crippen molar-refractivity contribution < 1.29 is 5.11 Å². The fraction of sp³-hybridized carbons (Fsp3) is 0.176. The summed E-state index contributed by atoms with van der Waals surface area (Å²) in [5.41, 5.74) is 3.26. The minimum absolute atomic E-state index is 0.0387. The van der Waals surface area contributed by atoms with Gasteiger partial charge in [0.1, 0.15) is 0 Å². The summed E-state index contributed by atoms with van der Waals surface area (Å²) in [7, 11) is 0. The van der Waals surface area contributed by atoms with E-state index < -0.39 is 0 Å². The Morgan fingerprint density at radius 2 is 1.77 bits per heavy atom. The zero-order valence-corrected chi connectivity index (χ0v) is 13.9. The third-order valence-corrected chi connectivity index (χ3v) is 4.06. The number of hydrogen-bond donors (Lipinski definition) is 2. The largest absolute Gasteiger partial charge is 0.493 e. The third kappa shape index (κ3) is 2.90. The predicted molar refractivity (Wildman–Crippen MR) is 92.4 cm³/mol. The first-order valence-corrected chi connectivity index (χ1v) is 7.86. The number of aromatic hydroxyl groups is 1. The summed E-state index contributed by atoms with van der Waals surface area (Å²) in [6.07, 6.45) is 0. The zero-order valence-electron chi connectivity index (χ0n) is 12.3. The highest BCUT2D eigenvalue weighted by atomic mass is 79.9. The van der Waals surface area contributed by atoms with Crippen LogP contribution < -0.4 is 0 Å². The highest BCUT2D eigenvalue weighted by Crippen LogP contribution is 2.37. The first-order valence-electron chi connectivity index (χ1n) is 7.06. The zero-order chi connectivity index (χ0) is 15.7. The van der Waals surface area contributed by atoms with E-state index >= 15 is 0 Å². The van der Waals surface area contributed by atoms with Crippen molar-refractivity contribution in [3.8, 4) is 5.88 Å². The molecule has 1 heterocycles. The average molecular weight is 358 g/mol. The molecule has 5 heteroatoms. The van der Waals surface area contributed by atoms with Crippen LogP contribution in [-0.2, 0) is 0 Å². The number of halogens is 1. The monoisotopic (exact) mass is 357 g/mol. The number of nitrogens with one attached hydrogen (secondary N) is 1. The molecule has 0 saturated carbocycles. The lowest BCUT2D eigenvalue weighted by Crippen LogP contribution is -1.85. The smallest absolute Gasteiger partial charge is 0.218 e. The minimum atomic E-state index is 0.0387. The molecule has 22 heavy (non-hydrogen) atoms. The molecule has 0 saturated heterocycles. The fourth-order valence-corrected chi connectivity index (χ4v) is 2.52. The molecule has 2 aromatic carbocycles. The van der Waals surface area contributed by atoms with E-state index in [0.29, 0.717) is 11.6 Å². The Labute approximate surface area is 137 Å².